The average Bonchev–Trinajstić information content (AvgIpc) is 2.66. The Bertz CT molecular complexity index is 459. The van der Waals surface area contributed by atoms with Crippen LogP contribution in [0.4, 0.5) is 10.1 Å². The minimum absolute atomic E-state index is 0.129. The molecule has 0 aliphatic heterocycles. The Balaban J connectivity index is 1.76. The molecular weight excluding hydrogens is 243 g/mol. The van der Waals surface area contributed by atoms with E-state index in [1.165, 1.54) is 18.6 Å². The summed E-state index contributed by atoms with van der Waals surface area (Å²) in [6, 6.07) is 6.34. The molecule has 1 aliphatic carbocycles. The third-order valence-corrected chi connectivity index (χ3v) is 3.63. The van der Waals surface area contributed by atoms with Crippen LogP contribution in [0, 0.1) is 11.2 Å². The summed E-state index contributed by atoms with van der Waals surface area (Å²) in [6.07, 6.45) is 3.40. The van der Waals surface area contributed by atoms with Gasteiger partial charge in [0.1, 0.15) is 5.82 Å². The van der Waals surface area contributed by atoms with E-state index in [0.29, 0.717) is 17.1 Å². The second-order valence-corrected chi connectivity index (χ2v) is 6.04. The zero-order chi connectivity index (χ0) is 13.9. The van der Waals surface area contributed by atoms with E-state index in [4.69, 9.17) is 0 Å². The zero-order valence-electron chi connectivity index (χ0n) is 11.5. The molecule has 0 heterocycles. The van der Waals surface area contributed by atoms with Gasteiger partial charge in [0.2, 0.25) is 5.91 Å². The minimum Gasteiger partial charge on any atom is -0.325 e. The first kappa shape index (κ1) is 14.0. The Morgan fingerprint density at radius 1 is 1.47 bits per heavy atom. The van der Waals surface area contributed by atoms with Gasteiger partial charge in [-0.05, 0) is 42.9 Å². The standard InChI is InChI=1S/C15H21FN2O/c1-15(2)7-6-13(9-15)17-10-14(19)18-12-5-3-4-11(16)8-12/h3-5,8,13,17H,6-7,9-10H2,1-2H3,(H,18,19). The number of carbonyl (C=O) groups is 1. The summed E-state index contributed by atoms with van der Waals surface area (Å²) in [4.78, 5) is 11.7. The van der Waals surface area contributed by atoms with E-state index in [-0.39, 0.29) is 18.3 Å². The molecule has 0 saturated heterocycles. The molecule has 1 unspecified atom stereocenters. The van der Waals surface area contributed by atoms with Crippen molar-refractivity contribution in [3.8, 4) is 0 Å². The van der Waals surface area contributed by atoms with Crippen LogP contribution in [0.3, 0.4) is 0 Å². The van der Waals surface area contributed by atoms with Crippen molar-refractivity contribution in [2.24, 2.45) is 5.41 Å². The van der Waals surface area contributed by atoms with Gasteiger partial charge in [0, 0.05) is 11.7 Å². The fourth-order valence-corrected chi connectivity index (χ4v) is 2.62. The number of benzene rings is 1. The highest BCUT2D eigenvalue weighted by Gasteiger charge is 2.30. The van der Waals surface area contributed by atoms with E-state index in [0.717, 1.165) is 12.8 Å². The summed E-state index contributed by atoms with van der Waals surface area (Å²) in [5.41, 5.74) is 0.870. The number of nitrogens with one attached hydrogen (secondary N) is 2. The van der Waals surface area contributed by atoms with Crippen LogP contribution < -0.4 is 10.6 Å². The molecule has 0 radical (unpaired) electrons. The highest BCUT2D eigenvalue weighted by Crippen LogP contribution is 2.36. The second kappa shape index (κ2) is 5.70. The summed E-state index contributed by atoms with van der Waals surface area (Å²) in [6.45, 7) is 4.78. The molecule has 4 heteroatoms. The first-order valence-corrected chi connectivity index (χ1v) is 6.73. The Morgan fingerprint density at radius 2 is 2.26 bits per heavy atom. The highest BCUT2D eigenvalue weighted by molar-refractivity contribution is 5.92. The fourth-order valence-electron chi connectivity index (χ4n) is 2.62. The van der Waals surface area contributed by atoms with Gasteiger partial charge in [-0.3, -0.25) is 4.79 Å². The predicted molar refractivity (Wildman–Crippen MR) is 74.5 cm³/mol. The molecule has 1 aromatic rings. The number of amides is 1. The van der Waals surface area contributed by atoms with Crippen LogP contribution in [0.25, 0.3) is 0 Å². The van der Waals surface area contributed by atoms with E-state index in [1.54, 1.807) is 12.1 Å². The van der Waals surface area contributed by atoms with Gasteiger partial charge in [-0.25, -0.2) is 4.39 Å². The van der Waals surface area contributed by atoms with Crippen LogP contribution in [0.2, 0.25) is 0 Å². The van der Waals surface area contributed by atoms with Crippen molar-refractivity contribution in [1.82, 2.24) is 5.32 Å². The zero-order valence-corrected chi connectivity index (χ0v) is 11.5. The molecule has 104 valence electrons. The van der Waals surface area contributed by atoms with Gasteiger partial charge in [-0.2, -0.15) is 0 Å². The fraction of sp³-hybridized carbons (Fsp3) is 0.533. The van der Waals surface area contributed by atoms with Crippen molar-refractivity contribution in [1.29, 1.82) is 0 Å². The Labute approximate surface area is 113 Å². The maximum absolute atomic E-state index is 13.0. The minimum atomic E-state index is -0.344. The molecule has 2 rings (SSSR count). The molecule has 0 bridgehead atoms. The maximum atomic E-state index is 13.0. The molecule has 19 heavy (non-hydrogen) atoms. The van der Waals surface area contributed by atoms with Gasteiger partial charge in [-0.1, -0.05) is 19.9 Å². The van der Waals surface area contributed by atoms with Gasteiger partial charge in [0.15, 0.2) is 0 Å². The summed E-state index contributed by atoms with van der Waals surface area (Å²) >= 11 is 0. The first-order valence-electron chi connectivity index (χ1n) is 6.73. The van der Waals surface area contributed by atoms with Gasteiger partial charge in [-0.15, -0.1) is 0 Å². The van der Waals surface area contributed by atoms with Crippen LogP contribution in [0.5, 0.6) is 0 Å². The third kappa shape index (κ3) is 4.31. The van der Waals surface area contributed by atoms with Crippen LogP contribution in [-0.2, 0) is 4.79 Å². The lowest BCUT2D eigenvalue weighted by atomic mass is 9.92. The van der Waals surface area contributed by atoms with Gasteiger partial charge >= 0.3 is 0 Å². The van der Waals surface area contributed by atoms with Gasteiger partial charge in [0.05, 0.1) is 6.54 Å². The molecule has 1 atom stereocenters. The summed E-state index contributed by atoms with van der Waals surface area (Å²) in [7, 11) is 0. The molecule has 1 amide bonds. The maximum Gasteiger partial charge on any atom is 0.238 e. The normalized spacial score (nSPS) is 21.3. The lowest BCUT2D eigenvalue weighted by molar-refractivity contribution is -0.115. The van der Waals surface area contributed by atoms with Crippen LogP contribution in [0.1, 0.15) is 33.1 Å². The molecule has 3 nitrogen and oxygen atoms in total. The van der Waals surface area contributed by atoms with Crippen molar-refractivity contribution in [3.05, 3.63) is 30.1 Å². The lowest BCUT2D eigenvalue weighted by Gasteiger charge is -2.17. The van der Waals surface area contributed by atoms with Crippen molar-refractivity contribution in [2.75, 3.05) is 11.9 Å². The van der Waals surface area contributed by atoms with E-state index in [9.17, 15) is 9.18 Å². The predicted octanol–water partition coefficient (Wildman–Crippen LogP) is 2.93. The molecule has 1 saturated carbocycles. The molecule has 1 fully saturated rings. The Kier molecular flexibility index (Phi) is 4.20. The van der Waals surface area contributed by atoms with Crippen LogP contribution in [-0.4, -0.2) is 18.5 Å². The first-order chi connectivity index (χ1) is 8.94. The number of hydrogen-bond donors (Lipinski definition) is 2. The van der Waals surface area contributed by atoms with E-state index in [2.05, 4.69) is 24.5 Å². The number of anilines is 1. The van der Waals surface area contributed by atoms with Crippen molar-refractivity contribution < 1.29 is 9.18 Å². The number of carbonyl (C=O) groups excluding carboxylic acids is 1. The van der Waals surface area contributed by atoms with Crippen LogP contribution >= 0.6 is 0 Å². The largest absolute Gasteiger partial charge is 0.325 e. The van der Waals surface area contributed by atoms with Crippen molar-refractivity contribution in [2.45, 2.75) is 39.2 Å². The smallest absolute Gasteiger partial charge is 0.238 e. The monoisotopic (exact) mass is 264 g/mol. The van der Waals surface area contributed by atoms with E-state index < -0.39 is 0 Å². The number of hydrogen-bond acceptors (Lipinski definition) is 2. The molecular formula is C15H21FN2O. The van der Waals surface area contributed by atoms with E-state index >= 15 is 0 Å². The van der Waals surface area contributed by atoms with Crippen molar-refractivity contribution in [3.63, 3.8) is 0 Å². The van der Waals surface area contributed by atoms with Gasteiger partial charge in [0.25, 0.3) is 0 Å². The summed E-state index contributed by atoms with van der Waals surface area (Å²) in [5, 5.41) is 5.95. The SMILES string of the molecule is CC1(C)CCC(NCC(=O)Nc2cccc(F)c2)C1. The van der Waals surface area contributed by atoms with Crippen LogP contribution in [0.15, 0.2) is 24.3 Å². The molecule has 0 aromatic heterocycles. The second-order valence-electron chi connectivity index (χ2n) is 6.04. The molecule has 2 N–H and O–H groups in total. The molecule has 1 aliphatic rings. The number of halogens is 1. The van der Waals surface area contributed by atoms with E-state index in [1.807, 2.05) is 0 Å². The third-order valence-electron chi connectivity index (χ3n) is 3.63. The quantitative estimate of drug-likeness (QED) is 0.878. The Hall–Kier alpha value is -1.42. The highest BCUT2D eigenvalue weighted by atomic mass is 19.1. The summed E-state index contributed by atoms with van der Waals surface area (Å²) in [5.74, 6) is -0.474. The molecule has 1 aromatic carbocycles. The average molecular weight is 264 g/mol. The molecule has 0 spiro atoms. The Morgan fingerprint density at radius 3 is 2.89 bits per heavy atom. The number of rotatable bonds is 4. The lowest BCUT2D eigenvalue weighted by Crippen LogP contribution is -2.35. The topological polar surface area (TPSA) is 41.1 Å². The van der Waals surface area contributed by atoms with Crippen molar-refractivity contribution >= 4 is 11.6 Å². The summed E-state index contributed by atoms with van der Waals surface area (Å²) < 4.78 is 13.0. The van der Waals surface area contributed by atoms with Gasteiger partial charge < -0.3 is 10.6 Å².